The van der Waals surface area contributed by atoms with Crippen molar-refractivity contribution in [1.29, 1.82) is 0 Å². The molecule has 0 radical (unpaired) electrons. The van der Waals surface area contributed by atoms with Crippen LogP contribution < -0.4 is 0 Å². The maximum absolute atomic E-state index is 11.7. The SMILES string of the molecule is O=S(=O)(c1cnc[nH]1)N1CC(CCl)C1. The number of imidazole rings is 1. The Morgan fingerprint density at radius 1 is 1.64 bits per heavy atom. The third-order valence-corrected chi connectivity index (χ3v) is 4.43. The van der Waals surface area contributed by atoms with Crippen LogP contribution in [0.25, 0.3) is 0 Å². The Labute approximate surface area is 87.1 Å². The van der Waals surface area contributed by atoms with E-state index in [1.807, 2.05) is 0 Å². The summed E-state index contributed by atoms with van der Waals surface area (Å²) in [4.78, 5) is 6.27. The number of H-pyrrole nitrogens is 1. The highest BCUT2D eigenvalue weighted by molar-refractivity contribution is 7.89. The van der Waals surface area contributed by atoms with Crippen molar-refractivity contribution in [3.63, 3.8) is 0 Å². The molecule has 0 spiro atoms. The Hall–Kier alpha value is -0.590. The Balaban J connectivity index is 2.12. The van der Waals surface area contributed by atoms with Crippen molar-refractivity contribution < 1.29 is 8.42 Å². The van der Waals surface area contributed by atoms with Gasteiger partial charge in [-0.05, 0) is 0 Å². The minimum absolute atomic E-state index is 0.144. The fourth-order valence-corrected chi connectivity index (χ4v) is 3.02. The zero-order valence-electron chi connectivity index (χ0n) is 7.35. The molecule has 1 aliphatic heterocycles. The van der Waals surface area contributed by atoms with Gasteiger partial charge in [-0.3, -0.25) is 0 Å². The molecule has 7 heteroatoms. The second kappa shape index (κ2) is 3.52. The van der Waals surface area contributed by atoms with Gasteiger partial charge in [0.05, 0.1) is 12.5 Å². The lowest BCUT2D eigenvalue weighted by atomic mass is 10.1. The summed E-state index contributed by atoms with van der Waals surface area (Å²) in [5, 5.41) is 0.144. The summed E-state index contributed by atoms with van der Waals surface area (Å²) in [7, 11) is -3.35. The van der Waals surface area contributed by atoms with Crippen LogP contribution in [0.15, 0.2) is 17.6 Å². The van der Waals surface area contributed by atoms with Gasteiger partial charge < -0.3 is 4.98 Å². The Morgan fingerprint density at radius 3 is 2.86 bits per heavy atom. The van der Waals surface area contributed by atoms with Gasteiger partial charge in [0.25, 0.3) is 10.0 Å². The second-order valence-corrected chi connectivity index (χ2v) is 5.47. The molecule has 1 aliphatic rings. The van der Waals surface area contributed by atoms with Crippen LogP contribution in [0.1, 0.15) is 0 Å². The molecule has 0 aliphatic carbocycles. The molecule has 14 heavy (non-hydrogen) atoms. The van der Waals surface area contributed by atoms with E-state index in [9.17, 15) is 8.42 Å². The van der Waals surface area contributed by atoms with E-state index in [-0.39, 0.29) is 10.9 Å². The molecule has 0 atom stereocenters. The Kier molecular flexibility index (Phi) is 2.50. The topological polar surface area (TPSA) is 66.1 Å². The molecule has 0 aromatic carbocycles. The normalized spacial score (nSPS) is 19.5. The molecule has 5 nitrogen and oxygen atoms in total. The molecule has 1 saturated heterocycles. The Morgan fingerprint density at radius 2 is 2.36 bits per heavy atom. The van der Waals surface area contributed by atoms with Crippen LogP contribution in [0, 0.1) is 5.92 Å². The number of aromatic amines is 1. The zero-order chi connectivity index (χ0) is 10.2. The molecule has 78 valence electrons. The van der Waals surface area contributed by atoms with Gasteiger partial charge >= 0.3 is 0 Å². The zero-order valence-corrected chi connectivity index (χ0v) is 8.92. The van der Waals surface area contributed by atoms with E-state index in [1.165, 1.54) is 16.8 Å². The molecule has 1 N–H and O–H groups in total. The molecule has 1 aromatic rings. The van der Waals surface area contributed by atoms with Gasteiger partial charge in [-0.15, -0.1) is 11.6 Å². The van der Waals surface area contributed by atoms with Gasteiger partial charge in [0.2, 0.25) is 0 Å². The third-order valence-electron chi connectivity index (χ3n) is 2.23. The van der Waals surface area contributed by atoms with Crippen molar-refractivity contribution >= 4 is 21.6 Å². The highest BCUT2D eigenvalue weighted by atomic mass is 35.5. The fourth-order valence-electron chi connectivity index (χ4n) is 1.34. The first-order valence-electron chi connectivity index (χ1n) is 4.19. The van der Waals surface area contributed by atoms with E-state index in [4.69, 9.17) is 11.6 Å². The van der Waals surface area contributed by atoms with Crippen molar-refractivity contribution in [2.45, 2.75) is 5.03 Å². The number of sulfonamides is 1. The van der Waals surface area contributed by atoms with E-state index in [1.54, 1.807) is 0 Å². The van der Waals surface area contributed by atoms with Gasteiger partial charge in [0.15, 0.2) is 5.03 Å². The number of halogens is 1. The third kappa shape index (κ3) is 1.53. The highest BCUT2D eigenvalue weighted by Crippen LogP contribution is 2.24. The molecule has 0 bridgehead atoms. The number of aromatic nitrogens is 2. The molecule has 1 aromatic heterocycles. The first-order chi connectivity index (χ1) is 6.64. The van der Waals surface area contributed by atoms with Gasteiger partial charge in [-0.2, -0.15) is 4.31 Å². The van der Waals surface area contributed by atoms with E-state index in [0.29, 0.717) is 19.0 Å². The number of nitrogens with one attached hydrogen (secondary N) is 1. The average Bonchev–Trinajstić information content (AvgIpc) is 2.53. The number of alkyl halides is 1. The van der Waals surface area contributed by atoms with E-state index >= 15 is 0 Å². The van der Waals surface area contributed by atoms with Crippen LogP contribution in [-0.2, 0) is 10.0 Å². The molecule has 0 unspecified atom stereocenters. The lowest BCUT2D eigenvalue weighted by molar-refractivity contribution is 0.220. The lowest BCUT2D eigenvalue weighted by Crippen LogP contribution is -2.50. The van der Waals surface area contributed by atoms with Crippen LogP contribution in [0.2, 0.25) is 0 Å². The van der Waals surface area contributed by atoms with Crippen LogP contribution in [0.5, 0.6) is 0 Å². The molecule has 0 saturated carbocycles. The van der Waals surface area contributed by atoms with Crippen LogP contribution in [0.4, 0.5) is 0 Å². The maximum Gasteiger partial charge on any atom is 0.260 e. The predicted molar refractivity (Wildman–Crippen MR) is 51.6 cm³/mol. The van der Waals surface area contributed by atoms with E-state index < -0.39 is 10.0 Å². The summed E-state index contributed by atoms with van der Waals surface area (Å²) >= 11 is 5.60. The van der Waals surface area contributed by atoms with Crippen LogP contribution >= 0.6 is 11.6 Å². The van der Waals surface area contributed by atoms with E-state index in [0.717, 1.165) is 0 Å². The summed E-state index contributed by atoms with van der Waals surface area (Å²) in [5.74, 6) is 0.795. The molecule has 1 fully saturated rings. The second-order valence-electron chi connectivity index (χ2n) is 3.26. The smallest absolute Gasteiger partial charge is 0.260 e. The summed E-state index contributed by atoms with van der Waals surface area (Å²) in [6.07, 6.45) is 2.66. The van der Waals surface area contributed by atoms with Gasteiger partial charge in [-0.25, -0.2) is 13.4 Å². The monoisotopic (exact) mass is 235 g/mol. The van der Waals surface area contributed by atoms with Crippen molar-refractivity contribution in [2.24, 2.45) is 5.92 Å². The Bertz CT molecular complexity index is 397. The van der Waals surface area contributed by atoms with E-state index in [2.05, 4.69) is 9.97 Å². The van der Waals surface area contributed by atoms with Gasteiger partial charge in [-0.1, -0.05) is 0 Å². The number of hydrogen-bond acceptors (Lipinski definition) is 3. The minimum Gasteiger partial charge on any atom is -0.335 e. The highest BCUT2D eigenvalue weighted by Gasteiger charge is 2.36. The standard InChI is InChI=1S/C7H10ClN3O2S/c8-1-6-3-11(4-6)14(12,13)7-2-9-5-10-7/h2,5-6H,1,3-4H2,(H,9,10). The average molecular weight is 236 g/mol. The summed E-state index contributed by atoms with van der Waals surface area (Å²) in [6.45, 7) is 1.01. The molecule has 0 amide bonds. The lowest BCUT2D eigenvalue weighted by Gasteiger charge is -2.36. The number of nitrogens with zero attached hydrogens (tertiary/aromatic N) is 2. The van der Waals surface area contributed by atoms with Crippen molar-refractivity contribution in [1.82, 2.24) is 14.3 Å². The van der Waals surface area contributed by atoms with Crippen LogP contribution in [0.3, 0.4) is 0 Å². The van der Waals surface area contributed by atoms with Crippen LogP contribution in [-0.4, -0.2) is 41.7 Å². The van der Waals surface area contributed by atoms with Gasteiger partial charge in [0, 0.05) is 24.9 Å². The van der Waals surface area contributed by atoms with Crippen molar-refractivity contribution in [2.75, 3.05) is 19.0 Å². The fraction of sp³-hybridized carbons (Fsp3) is 0.571. The number of rotatable bonds is 3. The van der Waals surface area contributed by atoms with Gasteiger partial charge in [0.1, 0.15) is 0 Å². The number of hydrogen-bond donors (Lipinski definition) is 1. The largest absolute Gasteiger partial charge is 0.335 e. The minimum atomic E-state index is -3.35. The molecule has 2 heterocycles. The molecular formula is C7H10ClN3O2S. The quantitative estimate of drug-likeness (QED) is 0.765. The predicted octanol–water partition coefficient (Wildman–Crippen LogP) is 0.269. The first kappa shape index (κ1) is 9.95. The summed E-state index contributed by atoms with van der Waals surface area (Å²) in [5.41, 5.74) is 0. The maximum atomic E-state index is 11.7. The molecular weight excluding hydrogens is 226 g/mol. The van der Waals surface area contributed by atoms with Crippen molar-refractivity contribution in [3.05, 3.63) is 12.5 Å². The first-order valence-corrected chi connectivity index (χ1v) is 6.16. The summed E-state index contributed by atoms with van der Waals surface area (Å²) < 4.78 is 24.9. The van der Waals surface area contributed by atoms with Crippen molar-refractivity contribution in [3.8, 4) is 0 Å². The molecule has 2 rings (SSSR count). The summed E-state index contributed by atoms with van der Waals surface area (Å²) in [6, 6.07) is 0.